The summed E-state index contributed by atoms with van der Waals surface area (Å²) < 4.78 is 22.8. The zero-order chi connectivity index (χ0) is 28.1. The first-order valence-corrected chi connectivity index (χ1v) is 13.2. The Hall–Kier alpha value is -2.86. The molecule has 2 saturated heterocycles. The molecule has 11 nitrogen and oxygen atoms in total. The highest BCUT2D eigenvalue weighted by atomic mass is 16.6. The van der Waals surface area contributed by atoms with E-state index in [2.05, 4.69) is 0 Å². The van der Waals surface area contributed by atoms with Crippen LogP contribution in [-0.2, 0) is 33.3 Å². The van der Waals surface area contributed by atoms with E-state index in [0.717, 1.165) is 7.11 Å². The largest absolute Gasteiger partial charge is 0.467 e. The summed E-state index contributed by atoms with van der Waals surface area (Å²) in [6.07, 6.45) is -7.32. The number of carbonyl (C=O) groups is 4. The molecule has 1 aromatic carbocycles. The van der Waals surface area contributed by atoms with E-state index in [0.29, 0.717) is 0 Å². The molecule has 3 N–H and O–H groups in total. The molecule has 1 aromatic rings. The van der Waals surface area contributed by atoms with Gasteiger partial charge in [-0.25, -0.2) is 14.4 Å². The van der Waals surface area contributed by atoms with Crippen molar-refractivity contribution in [3.63, 3.8) is 0 Å². The molecule has 0 radical (unpaired) electrons. The Morgan fingerprint density at radius 3 is 2.44 bits per heavy atom. The molecule has 2 aliphatic heterocycles. The van der Waals surface area contributed by atoms with E-state index in [1.54, 1.807) is 25.1 Å². The molecule has 210 valence electrons. The Kier molecular flexibility index (Phi) is 5.79. The quantitative estimate of drug-likeness (QED) is 0.347. The lowest BCUT2D eigenvalue weighted by atomic mass is 9.37. The fourth-order valence-corrected chi connectivity index (χ4v) is 8.99. The monoisotopic (exact) mass is 544 g/mol. The molecule has 11 heteroatoms. The van der Waals surface area contributed by atoms with Crippen LogP contribution in [0.4, 0.5) is 0 Å². The predicted octanol–water partition coefficient (Wildman–Crippen LogP) is 0.0296. The minimum absolute atomic E-state index is 0.115. The van der Waals surface area contributed by atoms with Crippen LogP contribution in [0.25, 0.3) is 0 Å². The van der Waals surface area contributed by atoms with Crippen LogP contribution in [0.15, 0.2) is 30.3 Å². The number of carbonyl (C=O) groups excluding carboxylic acids is 4. The van der Waals surface area contributed by atoms with Gasteiger partial charge in [0.05, 0.1) is 31.3 Å². The Bertz CT molecular complexity index is 1230. The summed E-state index contributed by atoms with van der Waals surface area (Å²) in [5, 5.41) is 34.7. The van der Waals surface area contributed by atoms with E-state index in [-0.39, 0.29) is 36.8 Å². The molecule has 12 atom stereocenters. The van der Waals surface area contributed by atoms with Gasteiger partial charge in [0.25, 0.3) is 0 Å². The molecular formula is C28H32O11. The third-order valence-electron chi connectivity index (χ3n) is 10.5. The van der Waals surface area contributed by atoms with E-state index in [4.69, 9.17) is 18.9 Å². The molecular weight excluding hydrogens is 512 g/mol. The number of benzene rings is 1. The molecule has 3 aliphatic carbocycles. The third kappa shape index (κ3) is 3.07. The van der Waals surface area contributed by atoms with Gasteiger partial charge in [0, 0.05) is 23.2 Å². The SMILES string of the molecule is COC(=O)[C@]12OC[C@]34[C@H]([C@@H](O)[C@@H]1O)[C@@]1(C)[C@H](O)C(=O)CC(C)[C@@H]1C[C@H]3OC(=O)[C@H](OC(=O)c1ccccc1)[C@@H]24. The lowest BCUT2D eigenvalue weighted by Crippen LogP contribution is -2.80. The molecule has 0 amide bonds. The van der Waals surface area contributed by atoms with Gasteiger partial charge in [-0.1, -0.05) is 32.0 Å². The molecule has 1 unspecified atom stereocenters. The highest BCUT2D eigenvalue weighted by Gasteiger charge is 2.86. The topological polar surface area (TPSA) is 166 Å². The maximum Gasteiger partial charge on any atom is 0.348 e. The van der Waals surface area contributed by atoms with Crippen molar-refractivity contribution in [2.45, 2.75) is 62.8 Å². The van der Waals surface area contributed by atoms with Crippen LogP contribution >= 0.6 is 0 Å². The van der Waals surface area contributed by atoms with Crippen LogP contribution in [-0.4, -0.2) is 88.8 Å². The molecule has 5 fully saturated rings. The number of aliphatic hydroxyl groups excluding tert-OH is 3. The number of hydrogen-bond donors (Lipinski definition) is 3. The molecule has 2 bridgehead atoms. The van der Waals surface area contributed by atoms with E-state index in [9.17, 15) is 34.5 Å². The van der Waals surface area contributed by atoms with Gasteiger partial charge in [-0.05, 0) is 30.4 Å². The Labute approximate surface area is 224 Å². The minimum Gasteiger partial charge on any atom is -0.467 e. The highest BCUT2D eigenvalue weighted by molar-refractivity contribution is 5.93. The lowest BCUT2D eigenvalue weighted by molar-refractivity contribution is -0.305. The van der Waals surface area contributed by atoms with Crippen LogP contribution in [0.3, 0.4) is 0 Å². The van der Waals surface area contributed by atoms with Gasteiger partial charge in [0.15, 0.2) is 5.78 Å². The van der Waals surface area contributed by atoms with E-state index in [1.165, 1.54) is 12.1 Å². The van der Waals surface area contributed by atoms with Crippen molar-refractivity contribution in [1.82, 2.24) is 0 Å². The summed E-state index contributed by atoms with van der Waals surface area (Å²) >= 11 is 0. The van der Waals surface area contributed by atoms with Crippen molar-refractivity contribution in [3.05, 3.63) is 35.9 Å². The van der Waals surface area contributed by atoms with Gasteiger partial charge in [0.2, 0.25) is 11.7 Å². The van der Waals surface area contributed by atoms with Crippen molar-refractivity contribution >= 4 is 23.7 Å². The summed E-state index contributed by atoms with van der Waals surface area (Å²) in [6.45, 7) is 3.30. The van der Waals surface area contributed by atoms with Gasteiger partial charge in [-0.3, -0.25) is 4.79 Å². The molecule has 6 rings (SSSR count). The highest BCUT2D eigenvalue weighted by Crippen LogP contribution is 2.72. The van der Waals surface area contributed by atoms with Crippen molar-refractivity contribution < 1.29 is 53.4 Å². The van der Waals surface area contributed by atoms with Crippen LogP contribution < -0.4 is 0 Å². The van der Waals surface area contributed by atoms with Gasteiger partial charge in [0.1, 0.15) is 18.3 Å². The maximum absolute atomic E-state index is 13.6. The number of hydrogen-bond acceptors (Lipinski definition) is 11. The van der Waals surface area contributed by atoms with Crippen molar-refractivity contribution in [1.29, 1.82) is 0 Å². The van der Waals surface area contributed by atoms with Gasteiger partial charge in [-0.15, -0.1) is 0 Å². The molecule has 0 aromatic heterocycles. The van der Waals surface area contributed by atoms with Crippen LogP contribution in [0.1, 0.15) is 37.0 Å². The van der Waals surface area contributed by atoms with Gasteiger partial charge < -0.3 is 34.3 Å². The predicted molar refractivity (Wildman–Crippen MR) is 129 cm³/mol. The maximum atomic E-state index is 13.6. The fraction of sp³-hybridized carbons (Fsp3) is 0.643. The molecule has 39 heavy (non-hydrogen) atoms. The van der Waals surface area contributed by atoms with Crippen LogP contribution in [0, 0.1) is 34.5 Å². The summed E-state index contributed by atoms with van der Waals surface area (Å²) in [5.74, 6) is -6.15. The standard InChI is InChI=1S/C28H32O11/c1-12-9-15(29)21(31)26(2)14(12)10-16-27-11-37-28(25(35)36-3,22(32)17(30)19(26)27)20(27)18(24(34)38-16)39-23(33)13-7-5-4-6-8-13/h4-8,12,14,16-22,30-32H,9-11H2,1-3H3/t12?,14-,16+,17+,18+,19+,20+,21+,22-,26-,27+,28+/m0/s1. The first kappa shape index (κ1) is 26.4. The fourth-order valence-electron chi connectivity index (χ4n) is 8.99. The second-order valence-corrected chi connectivity index (χ2v) is 12.0. The second kappa shape index (κ2) is 8.57. The summed E-state index contributed by atoms with van der Waals surface area (Å²) in [6, 6.07) is 7.94. The van der Waals surface area contributed by atoms with E-state index in [1.807, 2.05) is 6.92 Å². The minimum atomic E-state index is -2.26. The van der Waals surface area contributed by atoms with Crippen LogP contribution in [0.5, 0.6) is 0 Å². The zero-order valence-corrected chi connectivity index (χ0v) is 21.8. The second-order valence-electron chi connectivity index (χ2n) is 12.0. The first-order valence-electron chi connectivity index (χ1n) is 13.2. The number of ketones is 1. The molecule has 3 saturated carbocycles. The van der Waals surface area contributed by atoms with Gasteiger partial charge >= 0.3 is 17.9 Å². The van der Waals surface area contributed by atoms with Crippen molar-refractivity contribution in [3.8, 4) is 0 Å². The van der Waals surface area contributed by atoms with Crippen LogP contribution in [0.2, 0.25) is 0 Å². The Morgan fingerprint density at radius 1 is 1.08 bits per heavy atom. The smallest absolute Gasteiger partial charge is 0.348 e. The van der Waals surface area contributed by atoms with Crippen molar-refractivity contribution in [2.24, 2.45) is 34.5 Å². The molecule has 1 spiro atoms. The number of fused-ring (bicyclic) bond motifs is 2. The summed E-state index contributed by atoms with van der Waals surface area (Å²) in [7, 11) is 1.09. The molecule has 5 aliphatic rings. The summed E-state index contributed by atoms with van der Waals surface area (Å²) in [4.78, 5) is 53.1. The number of esters is 3. The van der Waals surface area contributed by atoms with E-state index >= 15 is 0 Å². The summed E-state index contributed by atoms with van der Waals surface area (Å²) in [5.41, 5.74) is -4.76. The van der Waals surface area contributed by atoms with Crippen molar-refractivity contribution in [2.75, 3.05) is 13.7 Å². The normalized spacial score (nSPS) is 47.9. The lowest BCUT2D eigenvalue weighted by Gasteiger charge is -2.68. The number of aliphatic hydroxyl groups is 3. The average Bonchev–Trinajstić information content (AvgIpc) is 3.23. The zero-order valence-electron chi connectivity index (χ0n) is 21.8. The molecule has 2 heterocycles. The van der Waals surface area contributed by atoms with E-state index < -0.39 is 82.5 Å². The number of rotatable bonds is 3. The third-order valence-corrected chi connectivity index (χ3v) is 10.5. The Balaban J connectivity index is 1.55. The number of Topliss-reactive ketones (excluding diaryl/α,β-unsaturated/α-hetero) is 1. The first-order chi connectivity index (χ1) is 18.5. The number of methoxy groups -OCH3 is 1. The Morgan fingerprint density at radius 2 is 1.77 bits per heavy atom. The number of ether oxygens (including phenoxy) is 4. The average molecular weight is 545 g/mol. The van der Waals surface area contributed by atoms with Gasteiger partial charge in [-0.2, -0.15) is 0 Å².